The molecule has 7 nitrogen and oxygen atoms in total. The van der Waals surface area contributed by atoms with Gasteiger partial charge >= 0.3 is 6.18 Å². The number of amides is 1. The first-order valence-electron chi connectivity index (χ1n) is 10.3. The second-order valence-electron chi connectivity index (χ2n) is 8.24. The summed E-state index contributed by atoms with van der Waals surface area (Å²) in [6.07, 6.45) is -3.42. The van der Waals surface area contributed by atoms with Crippen molar-refractivity contribution >= 4 is 15.9 Å². The number of halogens is 3. The quantitative estimate of drug-likeness (QED) is 0.722. The minimum Gasteiger partial charge on any atom is -0.338 e. The minimum absolute atomic E-state index is 0.113. The Labute approximate surface area is 184 Å². The summed E-state index contributed by atoms with van der Waals surface area (Å²) in [5.74, 6) is -0.224. The van der Waals surface area contributed by atoms with Crippen LogP contribution in [0.25, 0.3) is 0 Å². The first kappa shape index (κ1) is 22.8. The number of nitrogens with zero attached hydrogens (tertiary/aromatic N) is 2. The highest BCUT2D eigenvalue weighted by Gasteiger charge is 2.44. The molecule has 2 aliphatic rings. The van der Waals surface area contributed by atoms with Gasteiger partial charge in [0.25, 0.3) is 5.91 Å². The van der Waals surface area contributed by atoms with Crippen LogP contribution in [0.3, 0.4) is 0 Å². The van der Waals surface area contributed by atoms with Crippen LogP contribution in [-0.2, 0) is 28.3 Å². The third-order valence-electron chi connectivity index (χ3n) is 6.44. The number of nitrogens with one attached hydrogen (secondary N) is 2. The van der Waals surface area contributed by atoms with Crippen molar-refractivity contribution in [2.75, 3.05) is 26.7 Å². The smallest absolute Gasteiger partial charge is 0.338 e. The highest BCUT2D eigenvalue weighted by atomic mass is 32.2. The van der Waals surface area contributed by atoms with E-state index in [0.29, 0.717) is 49.3 Å². The maximum atomic E-state index is 13.3. The van der Waals surface area contributed by atoms with Gasteiger partial charge in [0.2, 0.25) is 10.0 Å². The van der Waals surface area contributed by atoms with Gasteiger partial charge in [0, 0.05) is 37.4 Å². The Morgan fingerprint density at radius 1 is 1.12 bits per heavy atom. The van der Waals surface area contributed by atoms with Crippen molar-refractivity contribution in [1.82, 2.24) is 19.5 Å². The normalized spacial score (nSPS) is 18.6. The summed E-state index contributed by atoms with van der Waals surface area (Å²) in [6.45, 7) is 3.08. The number of benzene rings is 1. The summed E-state index contributed by atoms with van der Waals surface area (Å²) < 4.78 is 67.7. The average Bonchev–Trinajstić information content (AvgIpc) is 3.20. The van der Waals surface area contributed by atoms with Gasteiger partial charge in [-0.2, -0.15) is 13.2 Å². The average molecular weight is 471 g/mol. The summed E-state index contributed by atoms with van der Waals surface area (Å²) in [5, 5.41) is 3.39. The van der Waals surface area contributed by atoms with Crippen molar-refractivity contribution in [2.24, 2.45) is 0 Å². The lowest BCUT2D eigenvalue weighted by Gasteiger charge is -2.45. The minimum atomic E-state index is -4.40. The Balaban J connectivity index is 1.52. The summed E-state index contributed by atoms with van der Waals surface area (Å²) in [4.78, 5) is 14.8. The van der Waals surface area contributed by atoms with Gasteiger partial charge in [0.15, 0.2) is 0 Å². The maximum Gasteiger partial charge on any atom is 0.431 e. The third kappa shape index (κ3) is 3.82. The molecule has 0 saturated carbocycles. The Kier molecular flexibility index (Phi) is 5.62. The molecule has 2 aromatic rings. The van der Waals surface area contributed by atoms with E-state index in [4.69, 9.17) is 0 Å². The molecule has 1 saturated heterocycles. The Bertz CT molecular complexity index is 1150. The molecule has 4 rings (SSSR count). The number of rotatable bonds is 3. The largest absolute Gasteiger partial charge is 0.431 e. The van der Waals surface area contributed by atoms with E-state index in [2.05, 4.69) is 10.0 Å². The van der Waals surface area contributed by atoms with Gasteiger partial charge in [0.1, 0.15) is 5.69 Å². The number of aryl methyl sites for hydroxylation is 1. The Morgan fingerprint density at radius 3 is 2.41 bits per heavy atom. The first-order valence-corrected chi connectivity index (χ1v) is 11.8. The van der Waals surface area contributed by atoms with Crippen molar-refractivity contribution in [3.63, 3.8) is 0 Å². The van der Waals surface area contributed by atoms with Gasteiger partial charge in [0.05, 0.1) is 10.4 Å². The molecule has 11 heteroatoms. The second-order valence-corrected chi connectivity index (χ2v) is 10.1. The zero-order chi connectivity index (χ0) is 23.3. The van der Waals surface area contributed by atoms with Gasteiger partial charge in [-0.3, -0.25) is 4.79 Å². The number of fused-ring (bicyclic) bond motifs is 2. The third-order valence-corrected chi connectivity index (χ3v) is 8.02. The molecule has 0 bridgehead atoms. The Morgan fingerprint density at radius 2 is 1.81 bits per heavy atom. The molecule has 1 amide bonds. The van der Waals surface area contributed by atoms with Crippen LogP contribution in [0.1, 0.15) is 40.2 Å². The lowest BCUT2D eigenvalue weighted by molar-refractivity contribution is -0.144. The predicted octanol–water partition coefficient (Wildman–Crippen LogP) is 2.46. The summed E-state index contributed by atoms with van der Waals surface area (Å²) in [5.41, 5.74) is 0.219. The fourth-order valence-electron chi connectivity index (χ4n) is 4.77. The first-order chi connectivity index (χ1) is 15.0. The molecule has 1 spiro atoms. The zero-order valence-electron chi connectivity index (χ0n) is 17.8. The van der Waals surface area contributed by atoms with Crippen molar-refractivity contribution < 1.29 is 26.4 Å². The van der Waals surface area contributed by atoms with Crippen molar-refractivity contribution in [1.29, 1.82) is 0 Å². The number of hydrogen-bond donors (Lipinski definition) is 2. The van der Waals surface area contributed by atoms with Crippen molar-refractivity contribution in [2.45, 2.75) is 42.9 Å². The van der Waals surface area contributed by atoms with E-state index in [1.165, 1.54) is 29.8 Å². The van der Waals surface area contributed by atoms with E-state index >= 15 is 0 Å². The van der Waals surface area contributed by atoms with Gasteiger partial charge in [-0.25, -0.2) is 13.1 Å². The number of hydrogen-bond acceptors (Lipinski definition) is 4. The molecule has 3 heterocycles. The SMILES string of the molecule is CNS(=O)(=O)c1ccc(C(=O)N2CCC3(CC2)NCCn2c(C(F)(F)F)ccc23)cc1C. The van der Waals surface area contributed by atoms with Crippen LogP contribution in [0.15, 0.2) is 35.2 Å². The number of alkyl halides is 3. The van der Waals surface area contributed by atoms with E-state index in [9.17, 15) is 26.4 Å². The van der Waals surface area contributed by atoms with E-state index in [1.807, 2.05) is 0 Å². The number of carbonyl (C=O) groups excluding carboxylic acids is 1. The standard InChI is InChI=1S/C21H25F3N4O3S/c1-14-13-15(3-4-16(14)32(30,31)25-2)19(29)27-10-7-20(8-11-27)17-5-6-18(21(22,23)24)28(17)12-9-26-20/h3-6,13,25-26H,7-12H2,1-2H3. The number of aromatic nitrogens is 1. The lowest BCUT2D eigenvalue weighted by atomic mass is 9.83. The van der Waals surface area contributed by atoms with Crippen molar-refractivity contribution in [3.8, 4) is 0 Å². The molecule has 32 heavy (non-hydrogen) atoms. The maximum absolute atomic E-state index is 13.3. The van der Waals surface area contributed by atoms with Crippen LogP contribution in [0.4, 0.5) is 13.2 Å². The molecule has 2 aliphatic heterocycles. The van der Waals surface area contributed by atoms with Gasteiger partial charge in [-0.05, 0) is 62.7 Å². The van der Waals surface area contributed by atoms with Crippen LogP contribution >= 0.6 is 0 Å². The molecule has 0 unspecified atom stereocenters. The lowest BCUT2D eigenvalue weighted by Crippen LogP contribution is -2.56. The second kappa shape index (κ2) is 7.89. The molecule has 1 fully saturated rings. The fraction of sp³-hybridized carbons (Fsp3) is 0.476. The fourth-order valence-corrected chi connectivity index (χ4v) is 5.72. The van der Waals surface area contributed by atoms with Crippen LogP contribution in [0.2, 0.25) is 0 Å². The van der Waals surface area contributed by atoms with Gasteiger partial charge in [-0.1, -0.05) is 0 Å². The molecule has 0 radical (unpaired) electrons. The summed E-state index contributed by atoms with van der Waals surface area (Å²) in [7, 11) is -2.29. The predicted molar refractivity (Wildman–Crippen MR) is 112 cm³/mol. The van der Waals surface area contributed by atoms with Crippen LogP contribution in [0, 0.1) is 6.92 Å². The monoisotopic (exact) mass is 470 g/mol. The van der Waals surface area contributed by atoms with E-state index in [-0.39, 0.29) is 17.3 Å². The van der Waals surface area contributed by atoms with Gasteiger partial charge in [-0.15, -0.1) is 0 Å². The molecular weight excluding hydrogens is 445 g/mol. The number of sulfonamides is 1. The number of carbonyl (C=O) groups is 1. The number of piperidine rings is 1. The van der Waals surface area contributed by atoms with Gasteiger partial charge < -0.3 is 14.8 Å². The van der Waals surface area contributed by atoms with Crippen LogP contribution in [0.5, 0.6) is 0 Å². The summed E-state index contributed by atoms with van der Waals surface area (Å²) >= 11 is 0. The molecular formula is C21H25F3N4O3S. The molecule has 0 atom stereocenters. The zero-order valence-corrected chi connectivity index (χ0v) is 18.6. The van der Waals surface area contributed by atoms with E-state index in [0.717, 1.165) is 6.07 Å². The molecule has 1 aromatic carbocycles. The number of likely N-dealkylation sites (tertiary alicyclic amines) is 1. The molecule has 0 aliphatic carbocycles. The molecule has 2 N–H and O–H groups in total. The van der Waals surface area contributed by atoms with Crippen LogP contribution in [-0.4, -0.2) is 50.5 Å². The van der Waals surface area contributed by atoms with E-state index in [1.54, 1.807) is 17.9 Å². The Hall–Kier alpha value is -2.37. The molecule has 174 valence electrons. The highest BCUT2D eigenvalue weighted by molar-refractivity contribution is 7.89. The summed E-state index contributed by atoms with van der Waals surface area (Å²) in [6, 6.07) is 7.12. The molecule has 1 aromatic heterocycles. The highest BCUT2D eigenvalue weighted by Crippen LogP contribution is 2.40. The topological polar surface area (TPSA) is 83.4 Å². The van der Waals surface area contributed by atoms with Crippen molar-refractivity contribution in [3.05, 3.63) is 52.8 Å². The van der Waals surface area contributed by atoms with Crippen LogP contribution < -0.4 is 10.0 Å². The van der Waals surface area contributed by atoms with E-state index < -0.39 is 27.4 Å².